The number of anilines is 2. The van der Waals surface area contributed by atoms with E-state index in [1.807, 2.05) is 31.2 Å². The van der Waals surface area contributed by atoms with Gasteiger partial charge in [-0.05, 0) is 82.5 Å². The number of nitrogens with zero attached hydrogens (tertiary/aromatic N) is 1. The molecular weight excluding hydrogens is 584 g/mol. The molecule has 1 fully saturated rings. The largest absolute Gasteiger partial charge is 0.493 e. The standard InChI is InChI=1S/C26H20BrClN2O4S2/c1-15-4-3-5-18(10-15)30-25(32)23(36-26(30)35)12-16-6-9-21(22(11-16)33-2)34-14-24(31)29-17-7-8-19(27)20(28)13-17/h3-13H,14H2,1-2H3,(H,29,31)/b23-12-. The molecule has 2 amide bonds. The Morgan fingerprint density at radius 2 is 1.97 bits per heavy atom. The highest BCUT2D eigenvalue weighted by Gasteiger charge is 2.33. The van der Waals surface area contributed by atoms with Crippen LogP contribution in [0.5, 0.6) is 11.5 Å². The zero-order valence-corrected chi connectivity index (χ0v) is 23.2. The molecule has 0 spiro atoms. The Hall–Kier alpha value is -2.85. The minimum absolute atomic E-state index is 0.181. The van der Waals surface area contributed by atoms with E-state index in [0.29, 0.717) is 31.4 Å². The molecule has 1 N–H and O–H groups in total. The fraction of sp³-hybridized carbons (Fsp3) is 0.115. The highest BCUT2D eigenvalue weighted by atomic mass is 79.9. The fourth-order valence-corrected chi connectivity index (χ4v) is 5.14. The van der Waals surface area contributed by atoms with Crippen LogP contribution in [0, 0.1) is 6.92 Å². The van der Waals surface area contributed by atoms with Crippen LogP contribution in [0.2, 0.25) is 5.02 Å². The number of amides is 2. The lowest BCUT2D eigenvalue weighted by atomic mass is 10.1. The number of thioether (sulfide) groups is 1. The summed E-state index contributed by atoms with van der Waals surface area (Å²) in [5, 5.41) is 3.22. The van der Waals surface area contributed by atoms with E-state index in [1.165, 1.54) is 23.8 Å². The van der Waals surface area contributed by atoms with Crippen LogP contribution in [0.25, 0.3) is 6.08 Å². The van der Waals surface area contributed by atoms with Gasteiger partial charge in [0.2, 0.25) is 0 Å². The zero-order valence-electron chi connectivity index (χ0n) is 19.2. The average molecular weight is 604 g/mol. The predicted molar refractivity (Wildman–Crippen MR) is 153 cm³/mol. The van der Waals surface area contributed by atoms with Gasteiger partial charge in [-0.15, -0.1) is 0 Å². The number of hydrogen-bond acceptors (Lipinski definition) is 6. The Balaban J connectivity index is 1.45. The van der Waals surface area contributed by atoms with Gasteiger partial charge in [-0.25, -0.2) is 0 Å². The second kappa shape index (κ2) is 11.5. The van der Waals surface area contributed by atoms with E-state index in [0.717, 1.165) is 21.3 Å². The van der Waals surface area contributed by atoms with Crippen LogP contribution in [0.15, 0.2) is 70.0 Å². The number of carbonyl (C=O) groups is 2. The molecule has 0 aromatic heterocycles. The van der Waals surface area contributed by atoms with Crippen molar-refractivity contribution in [2.75, 3.05) is 23.9 Å². The maximum Gasteiger partial charge on any atom is 0.270 e. The van der Waals surface area contributed by atoms with Crippen molar-refractivity contribution < 1.29 is 19.1 Å². The van der Waals surface area contributed by atoms with E-state index in [4.69, 9.17) is 33.3 Å². The number of thiocarbonyl (C=S) groups is 1. The molecule has 1 aliphatic rings. The smallest absolute Gasteiger partial charge is 0.270 e. The second-order valence-electron chi connectivity index (χ2n) is 7.73. The van der Waals surface area contributed by atoms with Crippen molar-refractivity contribution in [3.8, 4) is 11.5 Å². The number of carbonyl (C=O) groups excluding carboxylic acids is 2. The molecule has 6 nitrogen and oxygen atoms in total. The third-order valence-corrected chi connectivity index (χ3v) is 7.64. The lowest BCUT2D eigenvalue weighted by Crippen LogP contribution is -2.27. The summed E-state index contributed by atoms with van der Waals surface area (Å²) in [6, 6.07) is 18.0. The van der Waals surface area contributed by atoms with Gasteiger partial charge in [0.15, 0.2) is 22.4 Å². The molecule has 36 heavy (non-hydrogen) atoms. The summed E-state index contributed by atoms with van der Waals surface area (Å²) in [7, 11) is 1.51. The van der Waals surface area contributed by atoms with E-state index in [2.05, 4.69) is 21.2 Å². The van der Waals surface area contributed by atoms with Crippen molar-refractivity contribution in [2.45, 2.75) is 6.92 Å². The second-order valence-corrected chi connectivity index (χ2v) is 10.7. The summed E-state index contributed by atoms with van der Waals surface area (Å²) < 4.78 is 12.3. The van der Waals surface area contributed by atoms with Gasteiger partial charge in [0, 0.05) is 10.2 Å². The minimum Gasteiger partial charge on any atom is -0.493 e. The quantitative estimate of drug-likeness (QED) is 0.236. The fourth-order valence-electron chi connectivity index (χ4n) is 3.42. The summed E-state index contributed by atoms with van der Waals surface area (Å²) in [6.45, 7) is 1.74. The minimum atomic E-state index is -0.348. The van der Waals surface area contributed by atoms with E-state index in [-0.39, 0.29) is 18.4 Å². The number of ether oxygens (including phenoxy) is 2. The lowest BCUT2D eigenvalue weighted by Gasteiger charge is -2.14. The first-order valence-electron chi connectivity index (χ1n) is 10.7. The number of nitrogens with one attached hydrogen (secondary N) is 1. The third kappa shape index (κ3) is 6.10. The molecule has 1 heterocycles. The molecule has 1 aliphatic heterocycles. The summed E-state index contributed by atoms with van der Waals surface area (Å²) in [6.07, 6.45) is 1.76. The molecule has 4 rings (SSSR count). The van der Waals surface area contributed by atoms with Gasteiger partial charge in [-0.2, -0.15) is 0 Å². The van der Waals surface area contributed by atoms with Crippen LogP contribution in [0.3, 0.4) is 0 Å². The van der Waals surface area contributed by atoms with Crippen molar-refractivity contribution in [3.63, 3.8) is 0 Å². The number of hydrogen-bond donors (Lipinski definition) is 1. The van der Waals surface area contributed by atoms with E-state index >= 15 is 0 Å². The van der Waals surface area contributed by atoms with Gasteiger partial charge in [0.25, 0.3) is 11.8 Å². The van der Waals surface area contributed by atoms with Gasteiger partial charge >= 0.3 is 0 Å². The maximum atomic E-state index is 13.1. The Bertz CT molecular complexity index is 1400. The molecule has 0 aliphatic carbocycles. The molecule has 0 saturated carbocycles. The molecule has 10 heteroatoms. The number of benzene rings is 3. The lowest BCUT2D eigenvalue weighted by molar-refractivity contribution is -0.118. The van der Waals surface area contributed by atoms with Crippen molar-refractivity contribution in [2.24, 2.45) is 0 Å². The van der Waals surface area contributed by atoms with Gasteiger partial charge in [0.1, 0.15) is 0 Å². The third-order valence-electron chi connectivity index (χ3n) is 5.10. The average Bonchev–Trinajstić information content (AvgIpc) is 3.12. The van der Waals surface area contributed by atoms with Crippen LogP contribution in [0.1, 0.15) is 11.1 Å². The first-order chi connectivity index (χ1) is 17.2. The Labute approximate surface area is 231 Å². The van der Waals surface area contributed by atoms with Crippen LogP contribution >= 0.6 is 51.5 Å². The number of aryl methyl sites for hydroxylation is 1. The van der Waals surface area contributed by atoms with Gasteiger partial charge < -0.3 is 14.8 Å². The van der Waals surface area contributed by atoms with Crippen molar-refractivity contribution in [1.82, 2.24) is 0 Å². The first-order valence-corrected chi connectivity index (χ1v) is 13.0. The molecule has 0 unspecified atom stereocenters. The molecule has 0 atom stereocenters. The zero-order chi connectivity index (χ0) is 25.8. The topological polar surface area (TPSA) is 67.9 Å². The summed E-state index contributed by atoms with van der Waals surface area (Å²) >= 11 is 16.1. The Morgan fingerprint density at radius 1 is 1.17 bits per heavy atom. The van der Waals surface area contributed by atoms with Crippen molar-refractivity contribution in [1.29, 1.82) is 0 Å². The van der Waals surface area contributed by atoms with Gasteiger partial charge in [-0.1, -0.05) is 53.8 Å². The first kappa shape index (κ1) is 26.2. The molecule has 0 radical (unpaired) electrons. The number of halogens is 2. The van der Waals surface area contributed by atoms with Crippen LogP contribution in [-0.2, 0) is 9.59 Å². The number of methoxy groups -OCH3 is 1. The molecule has 184 valence electrons. The predicted octanol–water partition coefficient (Wildman–Crippen LogP) is 6.84. The number of rotatable bonds is 7. The van der Waals surface area contributed by atoms with Crippen molar-refractivity contribution >= 4 is 85.1 Å². The van der Waals surface area contributed by atoms with Gasteiger partial charge in [0.05, 0.1) is 22.7 Å². The van der Waals surface area contributed by atoms with Crippen LogP contribution < -0.4 is 19.7 Å². The van der Waals surface area contributed by atoms with E-state index < -0.39 is 0 Å². The molecule has 0 bridgehead atoms. The van der Waals surface area contributed by atoms with Crippen molar-refractivity contribution in [3.05, 3.63) is 86.2 Å². The van der Waals surface area contributed by atoms with Crippen LogP contribution in [-0.4, -0.2) is 29.9 Å². The Morgan fingerprint density at radius 3 is 2.69 bits per heavy atom. The van der Waals surface area contributed by atoms with Crippen LogP contribution in [0.4, 0.5) is 11.4 Å². The molecular formula is C26H20BrClN2O4S2. The van der Waals surface area contributed by atoms with E-state index in [9.17, 15) is 9.59 Å². The Kier molecular flexibility index (Phi) is 8.35. The highest BCUT2D eigenvalue weighted by molar-refractivity contribution is 9.10. The monoisotopic (exact) mass is 602 g/mol. The molecule has 3 aromatic rings. The van der Waals surface area contributed by atoms with Gasteiger partial charge in [-0.3, -0.25) is 14.5 Å². The van der Waals surface area contributed by atoms with E-state index in [1.54, 1.807) is 42.5 Å². The SMILES string of the molecule is COc1cc(/C=C2\SC(=S)N(c3cccc(C)c3)C2=O)ccc1OCC(=O)Nc1ccc(Br)c(Cl)c1. The summed E-state index contributed by atoms with van der Waals surface area (Å²) in [5.41, 5.74) is 3.08. The maximum absolute atomic E-state index is 13.1. The normalized spacial score (nSPS) is 14.3. The molecule has 1 saturated heterocycles. The summed E-state index contributed by atoms with van der Waals surface area (Å²) in [5.74, 6) is 0.294. The highest BCUT2D eigenvalue weighted by Crippen LogP contribution is 2.37. The molecule has 3 aromatic carbocycles. The summed E-state index contributed by atoms with van der Waals surface area (Å²) in [4.78, 5) is 27.4.